The molecule has 2 amide bonds. The molecule has 0 bridgehead atoms. The Morgan fingerprint density at radius 3 is 2.67 bits per heavy atom. The summed E-state index contributed by atoms with van der Waals surface area (Å²) in [4.78, 5) is 30.0. The predicted octanol–water partition coefficient (Wildman–Crippen LogP) is 6.77. The first kappa shape index (κ1) is 32.2. The number of carbonyl (C=O) groups excluding carboxylic acids is 2. The largest absolute Gasteiger partial charge is 0.369 e. The van der Waals surface area contributed by atoms with Crippen LogP contribution in [0.2, 0.25) is 0 Å². The van der Waals surface area contributed by atoms with E-state index in [1.54, 1.807) is 11.3 Å². The van der Waals surface area contributed by atoms with E-state index in [1.807, 2.05) is 18.2 Å². The van der Waals surface area contributed by atoms with Crippen LogP contribution in [0.1, 0.15) is 97.0 Å². The molecular weight excluding hydrogens is 597 g/mol. The molecule has 1 aromatic carbocycles. The van der Waals surface area contributed by atoms with Gasteiger partial charge >= 0.3 is 0 Å². The zero-order valence-electron chi connectivity index (χ0n) is 27.1. The Kier molecular flexibility index (Phi) is 10.7. The lowest BCUT2D eigenvalue weighted by molar-refractivity contribution is -0.117. The number of hydrogen-bond acceptors (Lipinski definition) is 7. The maximum Gasteiger partial charge on any atom is 0.254 e. The zero-order chi connectivity index (χ0) is 31.9. The molecule has 9 nitrogen and oxygen atoms in total. The van der Waals surface area contributed by atoms with Gasteiger partial charge < -0.3 is 20.3 Å². The highest BCUT2D eigenvalue weighted by Crippen LogP contribution is 2.43. The molecule has 3 aliphatic rings. The highest BCUT2D eigenvalue weighted by Gasteiger charge is 2.35. The second kappa shape index (κ2) is 15.2. The molecule has 46 heavy (non-hydrogen) atoms. The van der Waals surface area contributed by atoms with Gasteiger partial charge in [0.15, 0.2) is 5.82 Å². The third kappa shape index (κ3) is 7.61. The van der Waals surface area contributed by atoms with Crippen LogP contribution in [0.25, 0.3) is 0 Å². The highest BCUT2D eigenvalue weighted by molar-refractivity contribution is 7.17. The number of thiophene rings is 1. The average Bonchev–Trinajstić information content (AvgIpc) is 3.76. The minimum atomic E-state index is -0.0967. The number of carbonyl (C=O) groups is 2. The van der Waals surface area contributed by atoms with Crippen LogP contribution in [0, 0.1) is 5.92 Å². The number of unbranched alkanes of at least 4 members (excludes halogenated alkanes) is 1. The molecule has 2 aromatic heterocycles. The fraction of sp³-hybridized carbons (Fsp3) is 0.500. The Morgan fingerprint density at radius 1 is 1.09 bits per heavy atom. The predicted molar refractivity (Wildman–Crippen MR) is 183 cm³/mol. The van der Waals surface area contributed by atoms with Crippen LogP contribution in [0.3, 0.4) is 0 Å². The first-order valence-corrected chi connectivity index (χ1v) is 17.8. The third-order valence-electron chi connectivity index (χ3n) is 9.08. The van der Waals surface area contributed by atoms with Gasteiger partial charge in [-0.3, -0.25) is 14.2 Å². The number of amides is 2. The van der Waals surface area contributed by atoms with Crippen molar-refractivity contribution in [3.8, 4) is 0 Å². The fourth-order valence-corrected chi connectivity index (χ4v) is 7.58. The molecule has 6 rings (SSSR count). The first-order valence-electron chi connectivity index (χ1n) is 16.9. The molecule has 244 valence electrons. The molecule has 1 unspecified atom stereocenters. The summed E-state index contributed by atoms with van der Waals surface area (Å²) in [6.07, 6.45) is 14.8. The summed E-state index contributed by atoms with van der Waals surface area (Å²) in [6.45, 7) is 7.31. The van der Waals surface area contributed by atoms with Crippen molar-refractivity contribution in [2.75, 3.05) is 29.9 Å². The maximum atomic E-state index is 13.7. The zero-order valence-corrected chi connectivity index (χ0v) is 27.9. The summed E-state index contributed by atoms with van der Waals surface area (Å²) in [5.41, 5.74) is 4.17. The number of anilines is 2. The Bertz CT molecular complexity index is 1570. The van der Waals surface area contributed by atoms with E-state index in [0.717, 1.165) is 87.4 Å². The van der Waals surface area contributed by atoms with Gasteiger partial charge in [-0.15, -0.1) is 21.5 Å². The smallest absolute Gasteiger partial charge is 0.254 e. The van der Waals surface area contributed by atoms with E-state index >= 15 is 0 Å². The summed E-state index contributed by atoms with van der Waals surface area (Å²) in [5.74, 6) is 1.64. The molecule has 1 saturated carbocycles. The van der Waals surface area contributed by atoms with Crippen molar-refractivity contribution >= 4 is 34.1 Å². The average molecular weight is 643 g/mol. The van der Waals surface area contributed by atoms with Gasteiger partial charge in [0.25, 0.3) is 5.91 Å². The van der Waals surface area contributed by atoms with Gasteiger partial charge in [-0.2, -0.15) is 0 Å². The topological polar surface area (TPSA) is 101 Å². The van der Waals surface area contributed by atoms with E-state index in [2.05, 4.69) is 64.3 Å². The monoisotopic (exact) mass is 642 g/mol. The quantitative estimate of drug-likeness (QED) is 0.178. The van der Waals surface area contributed by atoms with Crippen molar-refractivity contribution in [1.29, 1.82) is 0 Å². The Morgan fingerprint density at radius 2 is 1.93 bits per heavy atom. The fourth-order valence-electron chi connectivity index (χ4n) is 6.33. The molecule has 3 aromatic rings. The Labute approximate surface area is 276 Å². The summed E-state index contributed by atoms with van der Waals surface area (Å²) in [5, 5.41) is 16.4. The summed E-state index contributed by atoms with van der Waals surface area (Å²) < 4.78 is 8.48. The minimum absolute atomic E-state index is 0.0298. The molecule has 1 atom stereocenters. The van der Waals surface area contributed by atoms with E-state index in [4.69, 9.17) is 14.9 Å². The first-order chi connectivity index (χ1) is 22.6. The van der Waals surface area contributed by atoms with Crippen molar-refractivity contribution < 1.29 is 14.3 Å². The number of rotatable bonds is 15. The van der Waals surface area contributed by atoms with Crippen molar-refractivity contribution in [1.82, 2.24) is 20.1 Å². The Balaban J connectivity index is 1.31. The van der Waals surface area contributed by atoms with Gasteiger partial charge in [0, 0.05) is 36.5 Å². The van der Waals surface area contributed by atoms with E-state index < -0.39 is 0 Å². The molecule has 10 heteroatoms. The number of aryl methyl sites for hydroxylation is 1. The van der Waals surface area contributed by atoms with Crippen LogP contribution in [-0.2, 0) is 35.6 Å². The van der Waals surface area contributed by atoms with Crippen LogP contribution in [0.5, 0.6) is 0 Å². The second-order valence-corrected chi connectivity index (χ2v) is 13.7. The van der Waals surface area contributed by atoms with Gasteiger partial charge in [0.05, 0.1) is 12.2 Å². The van der Waals surface area contributed by atoms with E-state index in [0.29, 0.717) is 36.7 Å². The molecule has 0 aliphatic heterocycles. The molecule has 0 spiro atoms. The normalized spacial score (nSPS) is 17.3. The number of ether oxygens (including phenoxy) is 1. The van der Waals surface area contributed by atoms with Crippen LogP contribution in [0.15, 0.2) is 54.1 Å². The van der Waals surface area contributed by atoms with Gasteiger partial charge in [-0.1, -0.05) is 67.5 Å². The van der Waals surface area contributed by atoms with Crippen LogP contribution < -0.4 is 15.5 Å². The van der Waals surface area contributed by atoms with Crippen LogP contribution >= 0.6 is 11.3 Å². The molecule has 1 fully saturated rings. The second-order valence-electron chi connectivity index (χ2n) is 12.5. The van der Waals surface area contributed by atoms with Gasteiger partial charge in [-0.25, -0.2) is 0 Å². The van der Waals surface area contributed by atoms with Crippen molar-refractivity contribution in [3.05, 3.63) is 81.5 Å². The lowest BCUT2D eigenvalue weighted by atomic mass is 9.90. The van der Waals surface area contributed by atoms with Gasteiger partial charge in [-0.05, 0) is 69.4 Å². The standard InChI is InChI=1S/C36H46N6O3S/c1-3-5-20-37-34(44)32-29-21-28(18-19-30(29)46-35(32)38-33(43)27-16-17-27)42-31(24-45-23-26-14-10-7-11-15-26)39-40-36(42)41(4-2)22-25-12-8-6-9-13-25/h6-8,10-12,14-15,27-28H,3-5,9,13,16-24H2,1-2H3,(H,37,44)(H,38,43). The van der Waals surface area contributed by atoms with Gasteiger partial charge in [0.2, 0.25) is 11.9 Å². The molecular formula is C36H46N6O3S. The molecule has 3 aliphatic carbocycles. The van der Waals surface area contributed by atoms with Crippen LogP contribution in [-0.4, -0.2) is 46.2 Å². The minimum Gasteiger partial charge on any atom is -0.369 e. The number of likely N-dealkylation sites (N-methyl/N-ethyl adjacent to an activating group) is 1. The number of benzene rings is 1. The molecule has 0 saturated heterocycles. The van der Waals surface area contributed by atoms with Crippen molar-refractivity contribution in [2.24, 2.45) is 5.92 Å². The van der Waals surface area contributed by atoms with E-state index in [9.17, 15) is 9.59 Å². The maximum absolute atomic E-state index is 13.7. The number of nitrogens with zero attached hydrogens (tertiary/aromatic N) is 4. The number of hydrogen-bond donors (Lipinski definition) is 2. The van der Waals surface area contributed by atoms with Crippen LogP contribution in [0.4, 0.5) is 10.9 Å². The van der Waals surface area contributed by atoms with Crippen molar-refractivity contribution in [3.63, 3.8) is 0 Å². The lowest BCUT2D eigenvalue weighted by Crippen LogP contribution is -2.32. The number of nitrogens with one attached hydrogen (secondary N) is 2. The Hall–Kier alpha value is -3.76. The lowest BCUT2D eigenvalue weighted by Gasteiger charge is -2.31. The highest BCUT2D eigenvalue weighted by atomic mass is 32.1. The van der Waals surface area contributed by atoms with Gasteiger partial charge in [0.1, 0.15) is 11.6 Å². The summed E-state index contributed by atoms with van der Waals surface area (Å²) in [7, 11) is 0. The van der Waals surface area contributed by atoms with Crippen molar-refractivity contribution in [2.45, 2.75) is 90.9 Å². The van der Waals surface area contributed by atoms with E-state index in [1.165, 1.54) is 10.5 Å². The van der Waals surface area contributed by atoms with E-state index in [-0.39, 0.29) is 23.8 Å². The third-order valence-corrected chi connectivity index (χ3v) is 10.3. The number of fused-ring (bicyclic) bond motifs is 1. The number of allylic oxidation sites excluding steroid dienone is 3. The molecule has 2 heterocycles. The SMILES string of the molecule is CCCCNC(=O)c1c(NC(=O)C2CC2)sc2c1CC(n1c(COCc3ccccc3)nnc1N(CC)CC1=CC=CCC1)CC2. The molecule has 0 radical (unpaired) electrons. The summed E-state index contributed by atoms with van der Waals surface area (Å²) >= 11 is 1.57. The number of aromatic nitrogens is 3. The summed E-state index contributed by atoms with van der Waals surface area (Å²) in [6, 6.07) is 10.2. The molecule has 2 N–H and O–H groups in total.